The summed E-state index contributed by atoms with van der Waals surface area (Å²) in [6.07, 6.45) is 0. The molecule has 0 heterocycles. The number of halogens is 2. The fraction of sp³-hybridized carbons (Fsp3) is 0.455. The molecule has 31 heavy (non-hydrogen) atoms. The zero-order chi connectivity index (χ0) is 23.9. The summed E-state index contributed by atoms with van der Waals surface area (Å²) in [5.74, 6) is 0.833. The second-order valence-corrected chi connectivity index (χ2v) is 9.31. The molecule has 1 unspecified atom stereocenters. The van der Waals surface area contributed by atoms with Crippen LogP contribution in [-0.4, -0.2) is 30.9 Å². The lowest BCUT2D eigenvalue weighted by Crippen LogP contribution is -2.50. The Morgan fingerprint density at radius 3 is 1.90 bits per heavy atom. The summed E-state index contributed by atoms with van der Waals surface area (Å²) >= 11 is -0.0803. The first-order chi connectivity index (χ1) is 14.6. The molecule has 0 saturated heterocycles. The lowest BCUT2D eigenvalue weighted by Gasteiger charge is -2.26. The van der Waals surface area contributed by atoms with E-state index in [1.54, 1.807) is 30.3 Å². The Kier molecular flexibility index (Phi) is 14.6. The predicted molar refractivity (Wildman–Crippen MR) is 124 cm³/mol. The zero-order valence-electron chi connectivity index (χ0n) is 18.6. The molecule has 0 amide bonds. The molecule has 9 heteroatoms. The van der Waals surface area contributed by atoms with E-state index in [1.165, 1.54) is 18.2 Å². The topological polar surface area (TPSA) is 75.6 Å². The van der Waals surface area contributed by atoms with Crippen LogP contribution in [0.15, 0.2) is 65.6 Å². The molecule has 0 saturated carbocycles. The Hall–Kier alpha value is -1.52. The molecule has 0 aliphatic heterocycles. The summed E-state index contributed by atoms with van der Waals surface area (Å²) in [5, 5.41) is -4.18. The van der Waals surface area contributed by atoms with E-state index in [4.69, 9.17) is 9.29 Å². The molecule has 0 spiro atoms. The summed E-state index contributed by atoms with van der Waals surface area (Å²) in [4.78, 5) is -0.502. The van der Waals surface area contributed by atoms with Crippen molar-refractivity contribution in [2.24, 2.45) is 5.92 Å². The second kappa shape index (κ2) is 15.3. The van der Waals surface area contributed by atoms with Crippen LogP contribution in [0.25, 0.3) is 0 Å². The smallest absolute Gasteiger partial charge is 0.368 e. The lowest BCUT2D eigenvalue weighted by molar-refractivity contribution is 0.00395. The highest BCUT2D eigenvalue weighted by atomic mass is 32.2. The van der Waals surface area contributed by atoms with E-state index in [0.29, 0.717) is 0 Å². The molecule has 2 aromatic carbocycles. The van der Waals surface area contributed by atoms with Crippen molar-refractivity contribution in [2.45, 2.75) is 57.4 Å². The zero-order valence-corrected chi connectivity index (χ0v) is 20.2. The minimum Gasteiger partial charge on any atom is -0.375 e. The molecule has 5 nitrogen and oxygen atoms in total. The van der Waals surface area contributed by atoms with E-state index in [9.17, 15) is 17.2 Å². The molecule has 2 N–H and O–H groups in total. The maximum Gasteiger partial charge on any atom is 0.368 e. The third kappa shape index (κ3) is 10.1. The van der Waals surface area contributed by atoms with Crippen LogP contribution in [-0.2, 0) is 21.2 Å². The monoisotopic (exact) mass is 477 g/mol. The first-order valence-corrected chi connectivity index (χ1v) is 12.2. The Bertz CT molecular complexity index is 802. The predicted octanol–water partition coefficient (Wildman–Crippen LogP) is 6.04. The molecule has 2 aromatic rings. The van der Waals surface area contributed by atoms with Gasteiger partial charge in [0.25, 0.3) is 0 Å². The molecular weight excluding hydrogens is 444 g/mol. The Morgan fingerprint density at radius 2 is 1.45 bits per heavy atom. The number of hydrogen-bond acceptors (Lipinski definition) is 6. The normalized spacial score (nSPS) is 12.3. The van der Waals surface area contributed by atoms with Gasteiger partial charge in [-0.15, -0.1) is 0 Å². The van der Waals surface area contributed by atoms with Crippen LogP contribution in [0.5, 0.6) is 0 Å². The van der Waals surface area contributed by atoms with Gasteiger partial charge in [0.05, 0.1) is 30.3 Å². The van der Waals surface area contributed by atoms with Crippen molar-refractivity contribution < 1.29 is 26.5 Å². The maximum atomic E-state index is 14.6. The van der Waals surface area contributed by atoms with Crippen LogP contribution in [0.3, 0.4) is 0 Å². The van der Waals surface area contributed by atoms with E-state index >= 15 is 0 Å². The fourth-order valence-corrected chi connectivity index (χ4v) is 3.83. The van der Waals surface area contributed by atoms with Crippen molar-refractivity contribution in [1.29, 1.82) is 0 Å². The highest BCUT2D eigenvalue weighted by molar-refractivity contribution is 7.93. The molecule has 1 atom stereocenters. The van der Waals surface area contributed by atoms with Crippen molar-refractivity contribution in [3.05, 3.63) is 66.2 Å². The van der Waals surface area contributed by atoms with E-state index < -0.39 is 32.6 Å². The van der Waals surface area contributed by atoms with E-state index in [-0.39, 0.29) is 18.8 Å². The number of benzene rings is 2. The van der Waals surface area contributed by atoms with Gasteiger partial charge in [-0.25, -0.2) is 13.1 Å². The summed E-state index contributed by atoms with van der Waals surface area (Å²) in [5.41, 5.74) is 0.757. The minimum absolute atomic E-state index is 0.0383. The summed E-state index contributed by atoms with van der Waals surface area (Å²) in [7, 11) is -4.96. The van der Waals surface area contributed by atoms with Crippen LogP contribution in [0.4, 0.5) is 8.78 Å². The number of alkyl halides is 2. The molecular formula is C22H33F2NO4S2. The molecule has 176 valence electrons. The first kappa shape index (κ1) is 29.5. The van der Waals surface area contributed by atoms with Crippen molar-refractivity contribution in [3.63, 3.8) is 0 Å². The van der Waals surface area contributed by atoms with E-state index in [2.05, 4.69) is 20.8 Å². The average molecular weight is 478 g/mol. The van der Waals surface area contributed by atoms with Crippen molar-refractivity contribution in [1.82, 2.24) is 4.72 Å². The van der Waals surface area contributed by atoms with Crippen LogP contribution in [0.1, 0.15) is 40.2 Å². The molecule has 0 aromatic heterocycles. The highest BCUT2D eigenvalue weighted by Crippen LogP contribution is 2.33. The quantitative estimate of drug-likeness (QED) is 0.339. The number of hydrogen-bond donors (Lipinski definition) is 2. The van der Waals surface area contributed by atoms with Crippen molar-refractivity contribution >= 4 is 22.1 Å². The van der Waals surface area contributed by atoms with E-state index in [0.717, 1.165) is 23.6 Å². The second-order valence-electron chi connectivity index (χ2n) is 6.87. The van der Waals surface area contributed by atoms with E-state index in [1.807, 2.05) is 18.6 Å². The Labute approximate surface area is 189 Å². The van der Waals surface area contributed by atoms with Crippen LogP contribution in [0, 0.1) is 5.92 Å². The molecule has 0 aliphatic rings. The minimum atomic E-state index is -4.96. The molecule has 0 fully saturated rings. The maximum absolute atomic E-state index is 14.6. The summed E-state index contributed by atoms with van der Waals surface area (Å²) < 4.78 is 69.9. The lowest BCUT2D eigenvalue weighted by atomic mass is 10.2. The van der Waals surface area contributed by atoms with Crippen LogP contribution >= 0.6 is 12.2 Å². The van der Waals surface area contributed by atoms with Gasteiger partial charge in [-0.05, 0) is 23.6 Å². The van der Waals surface area contributed by atoms with Gasteiger partial charge < -0.3 is 9.29 Å². The molecule has 0 aliphatic carbocycles. The van der Waals surface area contributed by atoms with Gasteiger partial charge in [-0.1, -0.05) is 83.1 Å². The molecule has 2 rings (SSSR count). The van der Waals surface area contributed by atoms with Crippen LogP contribution in [0.2, 0.25) is 0 Å². The van der Waals surface area contributed by atoms with Crippen molar-refractivity contribution in [3.8, 4) is 0 Å². The summed E-state index contributed by atoms with van der Waals surface area (Å²) in [6.45, 7) is 9.93. The summed E-state index contributed by atoms with van der Waals surface area (Å²) in [6, 6.07) is 13.3. The Morgan fingerprint density at radius 1 is 1.00 bits per heavy atom. The SMILES string of the molecule is CC.CC(C)C.O=S(=O)(c1ccccc1)C(F)(F)C(COCc1ccccc1)NSO. The van der Waals surface area contributed by atoms with Gasteiger partial charge in [-0.3, -0.25) is 0 Å². The average Bonchev–Trinajstić information content (AvgIpc) is 2.75. The third-order valence-electron chi connectivity index (χ3n) is 3.41. The number of ether oxygens (including phenoxy) is 1. The fourth-order valence-electron chi connectivity index (χ4n) is 2.08. The van der Waals surface area contributed by atoms with Gasteiger partial charge in [-0.2, -0.15) is 8.78 Å². The van der Waals surface area contributed by atoms with Crippen LogP contribution < -0.4 is 4.72 Å². The Balaban J connectivity index is 0.00000134. The third-order valence-corrected chi connectivity index (χ3v) is 5.69. The van der Waals surface area contributed by atoms with Gasteiger partial charge in [0.1, 0.15) is 6.04 Å². The van der Waals surface area contributed by atoms with Gasteiger partial charge >= 0.3 is 5.25 Å². The van der Waals surface area contributed by atoms with Gasteiger partial charge in [0, 0.05) is 0 Å². The highest BCUT2D eigenvalue weighted by Gasteiger charge is 2.53. The van der Waals surface area contributed by atoms with Gasteiger partial charge in [0.2, 0.25) is 9.84 Å². The number of rotatable bonds is 9. The number of nitrogens with one attached hydrogen (secondary N) is 1. The first-order valence-electron chi connectivity index (χ1n) is 9.98. The van der Waals surface area contributed by atoms with Crippen molar-refractivity contribution in [2.75, 3.05) is 6.61 Å². The molecule has 0 radical (unpaired) electrons. The van der Waals surface area contributed by atoms with Gasteiger partial charge in [0.15, 0.2) is 0 Å². The molecule has 0 bridgehead atoms. The number of sulfone groups is 1. The largest absolute Gasteiger partial charge is 0.375 e. The standard InChI is InChI=1S/C16H17F2NO4S2.C4H10.C2H6/c17-16(18,25(21,22)14-9-5-2-6-10-14)15(19-24-20)12-23-11-13-7-3-1-4-8-13;1-4(2)3;1-2/h1-10,15,19-20H,11-12H2;4H,1-3H3;1-2H3.